The topological polar surface area (TPSA) is 90.1 Å². The highest BCUT2D eigenvalue weighted by Crippen LogP contribution is 2.40. The smallest absolute Gasteiger partial charge is 0.311 e. The number of carbonyl (C=O) groups is 1. The number of methoxy groups -OCH3 is 1. The predicted molar refractivity (Wildman–Crippen MR) is 61.8 cm³/mol. The third-order valence-electron chi connectivity index (χ3n) is 3.74. The number of hydrogen-bond donors (Lipinski definition) is 1. The van der Waals surface area contributed by atoms with E-state index in [1.54, 1.807) is 11.8 Å². The summed E-state index contributed by atoms with van der Waals surface area (Å²) in [6.45, 7) is 2.16. The van der Waals surface area contributed by atoms with E-state index in [9.17, 15) is 9.90 Å². The number of ether oxygens (including phenoxy) is 1. The van der Waals surface area contributed by atoms with Crippen LogP contribution in [0.5, 0.6) is 0 Å². The molecule has 7 nitrogen and oxygen atoms in total. The van der Waals surface area contributed by atoms with Gasteiger partial charge in [0.2, 0.25) is 0 Å². The van der Waals surface area contributed by atoms with Crippen LogP contribution in [0.3, 0.4) is 0 Å². The summed E-state index contributed by atoms with van der Waals surface area (Å²) < 4.78 is 6.75. The van der Waals surface area contributed by atoms with Crippen LogP contribution < -0.4 is 0 Å². The molecular formula is C11H18N4O3. The first kappa shape index (κ1) is 12.9. The molecule has 1 aliphatic rings. The summed E-state index contributed by atoms with van der Waals surface area (Å²) in [6, 6.07) is 0. The van der Waals surface area contributed by atoms with Crippen molar-refractivity contribution < 1.29 is 14.6 Å². The van der Waals surface area contributed by atoms with Gasteiger partial charge in [-0.3, -0.25) is 4.79 Å². The molecule has 0 aliphatic heterocycles. The molecule has 18 heavy (non-hydrogen) atoms. The molecule has 1 aliphatic carbocycles. The molecule has 2 rings (SSSR count). The van der Waals surface area contributed by atoms with Crippen LogP contribution in [-0.2, 0) is 16.1 Å². The Bertz CT molecular complexity index is 426. The lowest BCUT2D eigenvalue weighted by atomic mass is 9.86. The summed E-state index contributed by atoms with van der Waals surface area (Å²) >= 11 is 0. The zero-order valence-corrected chi connectivity index (χ0v) is 10.7. The van der Waals surface area contributed by atoms with Gasteiger partial charge < -0.3 is 9.84 Å². The highest BCUT2D eigenvalue weighted by Gasteiger charge is 2.42. The molecule has 0 spiro atoms. The van der Waals surface area contributed by atoms with Gasteiger partial charge in [0, 0.05) is 7.11 Å². The Hall–Kier alpha value is -1.50. The lowest BCUT2D eigenvalue weighted by molar-refractivity contribution is -0.149. The number of rotatable bonds is 5. The minimum Gasteiger partial charge on any atom is -0.481 e. The van der Waals surface area contributed by atoms with Crippen molar-refractivity contribution in [2.75, 3.05) is 7.11 Å². The molecule has 1 saturated carbocycles. The Balaban J connectivity index is 2.22. The Morgan fingerprint density at radius 2 is 2.22 bits per heavy atom. The molecule has 100 valence electrons. The number of carboxylic acids is 1. The molecule has 0 saturated heterocycles. The van der Waals surface area contributed by atoms with Crippen LogP contribution in [0.25, 0.3) is 0 Å². The van der Waals surface area contributed by atoms with Crippen molar-refractivity contribution in [1.29, 1.82) is 0 Å². The van der Waals surface area contributed by atoms with Crippen molar-refractivity contribution in [2.45, 2.75) is 45.3 Å². The fourth-order valence-corrected chi connectivity index (χ4v) is 2.50. The van der Waals surface area contributed by atoms with E-state index in [0.29, 0.717) is 25.2 Å². The van der Waals surface area contributed by atoms with Gasteiger partial charge in [-0.1, -0.05) is 12.8 Å². The number of hydrogen-bond acceptors (Lipinski definition) is 5. The van der Waals surface area contributed by atoms with E-state index in [2.05, 4.69) is 15.5 Å². The molecular weight excluding hydrogens is 236 g/mol. The fraction of sp³-hybridized carbons (Fsp3) is 0.818. The van der Waals surface area contributed by atoms with Crippen molar-refractivity contribution in [1.82, 2.24) is 20.2 Å². The second-order valence-electron chi connectivity index (χ2n) is 4.87. The molecule has 7 heteroatoms. The first-order valence-corrected chi connectivity index (χ1v) is 6.11. The van der Waals surface area contributed by atoms with E-state index < -0.39 is 11.4 Å². The summed E-state index contributed by atoms with van der Waals surface area (Å²) in [5, 5.41) is 20.8. The first-order chi connectivity index (χ1) is 8.59. The van der Waals surface area contributed by atoms with Gasteiger partial charge in [0.15, 0.2) is 5.82 Å². The van der Waals surface area contributed by atoms with Crippen molar-refractivity contribution in [3.05, 3.63) is 5.82 Å². The Kier molecular flexibility index (Phi) is 3.60. The number of carboxylic acid groups (broad SMARTS) is 1. The highest BCUT2D eigenvalue weighted by molar-refractivity contribution is 5.74. The van der Waals surface area contributed by atoms with Crippen LogP contribution in [0.15, 0.2) is 0 Å². The summed E-state index contributed by atoms with van der Waals surface area (Å²) in [7, 11) is 1.58. The van der Waals surface area contributed by atoms with Gasteiger partial charge in [0.1, 0.15) is 6.10 Å². The maximum atomic E-state index is 11.5. The van der Waals surface area contributed by atoms with Crippen molar-refractivity contribution in [2.24, 2.45) is 5.41 Å². The Morgan fingerprint density at radius 1 is 1.56 bits per heavy atom. The van der Waals surface area contributed by atoms with Gasteiger partial charge in [-0.05, 0) is 30.2 Å². The second-order valence-corrected chi connectivity index (χ2v) is 4.87. The maximum Gasteiger partial charge on any atom is 0.311 e. The standard InChI is InChI=1S/C11H18N4O3/c1-8(18-2)9-12-13-14-15(9)7-11(10(16)17)5-3-4-6-11/h8H,3-7H2,1-2H3,(H,16,17). The minimum atomic E-state index is -0.758. The zero-order chi connectivity index (χ0) is 13.2. The molecule has 1 unspecified atom stereocenters. The lowest BCUT2D eigenvalue weighted by Gasteiger charge is -2.24. The third kappa shape index (κ3) is 2.22. The summed E-state index contributed by atoms with van der Waals surface area (Å²) in [6.07, 6.45) is 3.02. The molecule has 0 bridgehead atoms. The molecule has 1 aromatic heterocycles. The van der Waals surface area contributed by atoms with Crippen LogP contribution in [-0.4, -0.2) is 38.4 Å². The number of aliphatic carboxylic acids is 1. The van der Waals surface area contributed by atoms with Gasteiger partial charge in [0.05, 0.1) is 12.0 Å². The second kappa shape index (κ2) is 5.01. The largest absolute Gasteiger partial charge is 0.481 e. The van der Waals surface area contributed by atoms with E-state index >= 15 is 0 Å². The molecule has 1 N–H and O–H groups in total. The molecule has 1 heterocycles. The van der Waals surface area contributed by atoms with Crippen LogP contribution >= 0.6 is 0 Å². The summed E-state index contributed by atoms with van der Waals surface area (Å²) in [4.78, 5) is 11.5. The SMILES string of the molecule is COC(C)c1nnnn1CC1(C(=O)O)CCCC1. The molecule has 1 atom stereocenters. The van der Waals surface area contributed by atoms with Crippen LogP contribution in [0.4, 0.5) is 0 Å². The fourth-order valence-electron chi connectivity index (χ4n) is 2.50. The average Bonchev–Trinajstić information content (AvgIpc) is 2.98. The van der Waals surface area contributed by atoms with Crippen molar-refractivity contribution in [3.63, 3.8) is 0 Å². The first-order valence-electron chi connectivity index (χ1n) is 6.11. The number of tetrazole rings is 1. The van der Waals surface area contributed by atoms with Crippen LogP contribution in [0, 0.1) is 5.41 Å². The molecule has 0 radical (unpaired) electrons. The summed E-state index contributed by atoms with van der Waals surface area (Å²) in [5.41, 5.74) is -0.725. The Labute approximate surface area is 105 Å². The van der Waals surface area contributed by atoms with E-state index in [4.69, 9.17) is 4.74 Å². The molecule has 1 fully saturated rings. The molecule has 1 aromatic rings. The quantitative estimate of drug-likeness (QED) is 0.843. The highest BCUT2D eigenvalue weighted by atomic mass is 16.5. The van der Waals surface area contributed by atoms with Crippen molar-refractivity contribution in [3.8, 4) is 0 Å². The third-order valence-corrected chi connectivity index (χ3v) is 3.74. The van der Waals surface area contributed by atoms with Crippen LogP contribution in [0.2, 0.25) is 0 Å². The van der Waals surface area contributed by atoms with Crippen molar-refractivity contribution >= 4 is 5.97 Å². The zero-order valence-electron chi connectivity index (χ0n) is 10.7. The van der Waals surface area contributed by atoms with Gasteiger partial charge in [0.25, 0.3) is 0 Å². The van der Waals surface area contributed by atoms with E-state index in [1.165, 1.54) is 0 Å². The van der Waals surface area contributed by atoms with Gasteiger partial charge >= 0.3 is 5.97 Å². The molecule has 0 amide bonds. The maximum absolute atomic E-state index is 11.5. The number of aromatic nitrogens is 4. The summed E-state index contributed by atoms with van der Waals surface area (Å²) in [5.74, 6) is -0.184. The predicted octanol–water partition coefficient (Wildman–Crippen LogP) is 1.03. The van der Waals surface area contributed by atoms with Gasteiger partial charge in [-0.25, -0.2) is 4.68 Å². The normalized spacial score (nSPS) is 19.9. The molecule has 0 aromatic carbocycles. The van der Waals surface area contributed by atoms with E-state index in [0.717, 1.165) is 12.8 Å². The van der Waals surface area contributed by atoms with Gasteiger partial charge in [-0.15, -0.1) is 5.10 Å². The Morgan fingerprint density at radius 3 is 2.78 bits per heavy atom. The van der Waals surface area contributed by atoms with E-state index in [-0.39, 0.29) is 6.10 Å². The minimum absolute atomic E-state index is 0.243. The van der Waals surface area contributed by atoms with Crippen LogP contribution in [0.1, 0.15) is 44.5 Å². The van der Waals surface area contributed by atoms with E-state index in [1.807, 2.05) is 6.92 Å². The monoisotopic (exact) mass is 254 g/mol. The van der Waals surface area contributed by atoms with Gasteiger partial charge in [-0.2, -0.15) is 0 Å². The lowest BCUT2D eigenvalue weighted by Crippen LogP contribution is -2.34. The number of nitrogens with zero attached hydrogens (tertiary/aromatic N) is 4. The average molecular weight is 254 g/mol.